The first-order chi connectivity index (χ1) is 18.5. The molecule has 0 aliphatic carbocycles. The van der Waals surface area contributed by atoms with Crippen molar-refractivity contribution in [1.82, 2.24) is 19.4 Å². The molecule has 6 rings (SSSR count). The van der Waals surface area contributed by atoms with E-state index >= 15 is 0 Å². The van der Waals surface area contributed by atoms with E-state index in [4.69, 9.17) is 9.72 Å². The number of nitrogens with zero attached hydrogens (tertiary/aromatic N) is 4. The van der Waals surface area contributed by atoms with Crippen LogP contribution in [-0.4, -0.2) is 75.8 Å². The molecule has 7 heteroatoms. The lowest BCUT2D eigenvalue weighted by atomic mass is 9.99. The molecule has 38 heavy (non-hydrogen) atoms. The fourth-order valence-electron chi connectivity index (χ4n) is 6.17. The van der Waals surface area contributed by atoms with Crippen LogP contribution in [-0.2, 0) is 17.7 Å². The van der Waals surface area contributed by atoms with Gasteiger partial charge in [-0.3, -0.25) is 4.79 Å². The SMILES string of the molecule is Cc1c(-c2ccc(C(=O)N3CCC(O)CC3)cc2)nc2n1CCc1ccccc1C2OC1CCN(C)CC1. The summed E-state index contributed by atoms with van der Waals surface area (Å²) in [5, 5.41) is 9.77. The minimum Gasteiger partial charge on any atom is -0.393 e. The number of carbonyl (C=O) groups excluding carboxylic acids is 1. The smallest absolute Gasteiger partial charge is 0.253 e. The maximum Gasteiger partial charge on any atom is 0.253 e. The number of hydrogen-bond acceptors (Lipinski definition) is 5. The van der Waals surface area contributed by atoms with E-state index in [2.05, 4.69) is 47.7 Å². The summed E-state index contributed by atoms with van der Waals surface area (Å²) < 4.78 is 9.21. The number of ether oxygens (including phenoxy) is 1. The molecule has 1 amide bonds. The van der Waals surface area contributed by atoms with Gasteiger partial charge < -0.3 is 24.2 Å². The van der Waals surface area contributed by atoms with Gasteiger partial charge in [0.25, 0.3) is 5.91 Å². The summed E-state index contributed by atoms with van der Waals surface area (Å²) >= 11 is 0. The second-order valence-corrected chi connectivity index (χ2v) is 11.1. The topological polar surface area (TPSA) is 70.8 Å². The minimum atomic E-state index is -0.292. The van der Waals surface area contributed by atoms with Crippen LogP contribution >= 0.6 is 0 Å². The summed E-state index contributed by atoms with van der Waals surface area (Å²) in [5.74, 6) is 1.01. The van der Waals surface area contributed by atoms with Crippen LogP contribution in [0, 0.1) is 6.92 Å². The number of hydrogen-bond donors (Lipinski definition) is 1. The molecule has 7 nitrogen and oxygen atoms in total. The molecule has 1 aromatic heterocycles. The monoisotopic (exact) mass is 514 g/mol. The Kier molecular flexibility index (Phi) is 7.08. The summed E-state index contributed by atoms with van der Waals surface area (Å²) in [5.41, 5.74) is 6.35. The summed E-state index contributed by atoms with van der Waals surface area (Å²) in [6, 6.07) is 16.5. The molecule has 1 N–H and O–H groups in total. The van der Waals surface area contributed by atoms with E-state index in [9.17, 15) is 9.90 Å². The third-order valence-corrected chi connectivity index (χ3v) is 8.58. The number of piperidine rings is 2. The van der Waals surface area contributed by atoms with Crippen molar-refractivity contribution in [1.29, 1.82) is 0 Å². The minimum absolute atomic E-state index is 0.0315. The first-order valence-electron chi connectivity index (χ1n) is 14.0. The van der Waals surface area contributed by atoms with Gasteiger partial charge in [0.15, 0.2) is 0 Å². The van der Waals surface area contributed by atoms with Crippen LogP contribution in [0.3, 0.4) is 0 Å². The largest absolute Gasteiger partial charge is 0.393 e. The van der Waals surface area contributed by atoms with E-state index in [1.165, 1.54) is 11.1 Å². The van der Waals surface area contributed by atoms with Crippen molar-refractivity contribution in [3.8, 4) is 11.3 Å². The second-order valence-electron chi connectivity index (χ2n) is 11.1. The van der Waals surface area contributed by atoms with Crippen LogP contribution in [0.2, 0.25) is 0 Å². The number of fused-ring (bicyclic) bond motifs is 2. The number of aliphatic hydroxyl groups excluding tert-OH is 1. The predicted molar refractivity (Wildman–Crippen MR) is 147 cm³/mol. The number of aryl methyl sites for hydroxylation is 1. The molecule has 0 spiro atoms. The molecule has 4 heterocycles. The Labute approximate surface area is 225 Å². The maximum atomic E-state index is 13.0. The van der Waals surface area contributed by atoms with Crippen LogP contribution in [0.4, 0.5) is 0 Å². The molecule has 1 unspecified atom stereocenters. The molecule has 0 bridgehead atoms. The summed E-state index contributed by atoms with van der Waals surface area (Å²) in [7, 11) is 2.18. The number of amides is 1. The molecule has 1 atom stereocenters. The van der Waals surface area contributed by atoms with Crippen LogP contribution < -0.4 is 0 Å². The Hall–Kier alpha value is -3.00. The van der Waals surface area contributed by atoms with Crippen LogP contribution in [0.25, 0.3) is 11.3 Å². The molecule has 0 saturated carbocycles. The van der Waals surface area contributed by atoms with E-state index < -0.39 is 0 Å². The lowest BCUT2D eigenvalue weighted by molar-refractivity contribution is -0.0276. The number of aliphatic hydroxyl groups is 1. The second kappa shape index (κ2) is 10.6. The highest BCUT2D eigenvalue weighted by Crippen LogP contribution is 2.37. The molecule has 0 radical (unpaired) electrons. The molecule has 2 aromatic carbocycles. The summed E-state index contributed by atoms with van der Waals surface area (Å²) in [6.07, 6.45) is 4.05. The third-order valence-electron chi connectivity index (χ3n) is 8.58. The maximum absolute atomic E-state index is 13.0. The summed E-state index contributed by atoms with van der Waals surface area (Å²) in [4.78, 5) is 22.4. The van der Waals surface area contributed by atoms with Gasteiger partial charge in [0, 0.05) is 49.5 Å². The van der Waals surface area contributed by atoms with E-state index in [0.29, 0.717) is 31.5 Å². The molecule has 3 aromatic rings. The van der Waals surface area contributed by atoms with Gasteiger partial charge in [-0.25, -0.2) is 4.98 Å². The van der Waals surface area contributed by atoms with Crippen LogP contribution in [0.1, 0.15) is 64.8 Å². The van der Waals surface area contributed by atoms with Crippen molar-refractivity contribution < 1.29 is 14.6 Å². The van der Waals surface area contributed by atoms with Crippen molar-refractivity contribution in [2.75, 3.05) is 33.2 Å². The van der Waals surface area contributed by atoms with Gasteiger partial charge in [-0.1, -0.05) is 36.4 Å². The number of rotatable bonds is 4. The van der Waals surface area contributed by atoms with Gasteiger partial charge in [-0.2, -0.15) is 0 Å². The molecule has 3 aliphatic heterocycles. The Morgan fingerprint density at radius 3 is 2.39 bits per heavy atom. The van der Waals surface area contributed by atoms with E-state index in [-0.39, 0.29) is 24.2 Å². The van der Waals surface area contributed by atoms with Crippen molar-refractivity contribution >= 4 is 5.91 Å². The molecular weight excluding hydrogens is 476 g/mol. The molecule has 200 valence electrons. The van der Waals surface area contributed by atoms with Crippen molar-refractivity contribution in [2.45, 2.75) is 63.9 Å². The Morgan fingerprint density at radius 1 is 0.947 bits per heavy atom. The van der Waals surface area contributed by atoms with Crippen LogP contribution in [0.5, 0.6) is 0 Å². The first-order valence-corrected chi connectivity index (χ1v) is 14.0. The van der Waals surface area contributed by atoms with Crippen molar-refractivity contribution in [3.05, 3.63) is 76.7 Å². The number of likely N-dealkylation sites (tertiary alicyclic amines) is 2. The fourth-order valence-corrected chi connectivity index (χ4v) is 6.17. The van der Waals surface area contributed by atoms with Gasteiger partial charge in [0.05, 0.1) is 17.9 Å². The highest BCUT2D eigenvalue weighted by atomic mass is 16.5. The fraction of sp³-hybridized carbons (Fsp3) is 0.484. The van der Waals surface area contributed by atoms with Gasteiger partial charge in [-0.15, -0.1) is 0 Å². The molecular formula is C31H38N4O3. The Morgan fingerprint density at radius 2 is 1.66 bits per heavy atom. The zero-order valence-electron chi connectivity index (χ0n) is 22.5. The number of carbonyl (C=O) groups is 1. The highest BCUT2D eigenvalue weighted by molar-refractivity contribution is 5.94. The number of aromatic nitrogens is 2. The summed E-state index contributed by atoms with van der Waals surface area (Å²) in [6.45, 7) is 6.34. The van der Waals surface area contributed by atoms with E-state index in [1.807, 2.05) is 29.2 Å². The predicted octanol–water partition coefficient (Wildman–Crippen LogP) is 4.21. The normalized spacial score (nSPS) is 21.1. The van der Waals surface area contributed by atoms with E-state index in [0.717, 1.165) is 61.7 Å². The van der Waals surface area contributed by atoms with Gasteiger partial charge in [0.2, 0.25) is 0 Å². The van der Waals surface area contributed by atoms with Crippen LogP contribution in [0.15, 0.2) is 48.5 Å². The number of imidazole rings is 1. The number of benzene rings is 2. The quantitative estimate of drug-likeness (QED) is 0.565. The lowest BCUT2D eigenvalue weighted by Gasteiger charge is -2.32. The average Bonchev–Trinajstić information content (AvgIpc) is 3.18. The Bertz CT molecular complexity index is 1280. The van der Waals surface area contributed by atoms with Gasteiger partial charge in [-0.05, 0) is 69.3 Å². The van der Waals surface area contributed by atoms with E-state index in [1.54, 1.807) is 0 Å². The average molecular weight is 515 g/mol. The first kappa shape index (κ1) is 25.3. The zero-order chi connectivity index (χ0) is 26.2. The van der Waals surface area contributed by atoms with Crippen molar-refractivity contribution in [2.24, 2.45) is 0 Å². The molecule has 3 aliphatic rings. The van der Waals surface area contributed by atoms with Gasteiger partial charge in [0.1, 0.15) is 11.9 Å². The highest BCUT2D eigenvalue weighted by Gasteiger charge is 2.32. The van der Waals surface area contributed by atoms with Gasteiger partial charge >= 0.3 is 0 Å². The molecule has 2 fully saturated rings. The van der Waals surface area contributed by atoms with Crippen molar-refractivity contribution in [3.63, 3.8) is 0 Å². The zero-order valence-corrected chi connectivity index (χ0v) is 22.5. The third kappa shape index (κ3) is 4.91. The Balaban J connectivity index is 1.29. The molecule has 2 saturated heterocycles. The standard InChI is InChI=1S/C31H38N4O3/c1-21-28(23-7-9-24(10-8-23)31(37)34-18-12-25(36)13-19-34)32-30-29(38-26-14-16-33(2)17-15-26)27-6-4-3-5-22(27)11-20-35(21)30/h3-10,25-26,29,36H,11-20H2,1-2H3. The lowest BCUT2D eigenvalue weighted by Crippen LogP contribution is -2.40.